The van der Waals surface area contributed by atoms with Crippen LogP contribution in [-0.4, -0.2) is 40.5 Å². The van der Waals surface area contributed by atoms with E-state index >= 15 is 0 Å². The first-order chi connectivity index (χ1) is 17.2. The molecule has 0 fully saturated rings. The van der Waals surface area contributed by atoms with Crippen LogP contribution in [0.1, 0.15) is 70.7 Å². The number of nitrogens with zero attached hydrogens (tertiary/aromatic N) is 1. The molecule has 198 valence electrons. The number of anilines is 1. The lowest BCUT2D eigenvalue weighted by Crippen LogP contribution is -2.55. The van der Waals surface area contributed by atoms with Crippen LogP contribution in [0.2, 0.25) is 5.02 Å². The Balaban J connectivity index is 2.58. The van der Waals surface area contributed by atoms with E-state index in [9.17, 15) is 14.4 Å². The molecule has 0 saturated carbocycles. The van der Waals surface area contributed by atoms with Crippen LogP contribution in [0.5, 0.6) is 0 Å². The van der Waals surface area contributed by atoms with Crippen molar-refractivity contribution in [2.45, 2.75) is 72.1 Å². The van der Waals surface area contributed by atoms with Gasteiger partial charge in [-0.2, -0.15) is 0 Å². The first kappa shape index (κ1) is 29.7. The minimum absolute atomic E-state index is 0.370. The van der Waals surface area contributed by atoms with Crippen LogP contribution >= 0.6 is 11.6 Å². The zero-order valence-corrected chi connectivity index (χ0v) is 23.3. The van der Waals surface area contributed by atoms with Gasteiger partial charge >= 0.3 is 6.09 Å². The number of para-hydroxylation sites is 1. The molecule has 0 bridgehead atoms. The Hall–Kier alpha value is -3.50. The van der Waals surface area contributed by atoms with E-state index in [-0.39, 0.29) is 6.54 Å². The molecule has 0 aliphatic heterocycles. The van der Waals surface area contributed by atoms with Crippen LogP contribution in [0.15, 0.2) is 42.5 Å². The van der Waals surface area contributed by atoms with Gasteiger partial charge in [-0.25, -0.2) is 4.79 Å². The summed E-state index contributed by atoms with van der Waals surface area (Å²) in [6.45, 7) is 12.3. The van der Waals surface area contributed by atoms with Gasteiger partial charge in [0.25, 0.3) is 5.91 Å². The molecule has 0 aliphatic carbocycles. The molecule has 2 aromatic rings. The third kappa shape index (κ3) is 7.74. The fourth-order valence-corrected chi connectivity index (χ4v) is 4.06. The van der Waals surface area contributed by atoms with Gasteiger partial charge < -0.3 is 20.3 Å². The first-order valence-electron chi connectivity index (χ1n) is 12.1. The summed E-state index contributed by atoms with van der Waals surface area (Å²) in [4.78, 5) is 41.4. The van der Waals surface area contributed by atoms with Gasteiger partial charge in [-0.1, -0.05) is 54.8 Å². The van der Waals surface area contributed by atoms with E-state index in [1.54, 1.807) is 57.2 Å². The van der Waals surface area contributed by atoms with Crippen molar-refractivity contribution in [2.75, 3.05) is 11.9 Å². The molecule has 2 rings (SSSR count). The van der Waals surface area contributed by atoms with Crippen molar-refractivity contribution in [3.8, 4) is 12.3 Å². The highest BCUT2D eigenvalue weighted by molar-refractivity contribution is 6.34. The third-order valence-corrected chi connectivity index (χ3v) is 6.27. The second-order valence-electron chi connectivity index (χ2n) is 10.3. The molecule has 0 aliphatic rings. The average molecular weight is 526 g/mol. The number of amides is 3. The SMILES string of the molecule is C#Cc1ccccc1C(C(=O)Nc1c(C)cccc1Cl)N(C(=O)CNC(=O)OC(C)(C)C)C(C)(C)CC. The maximum atomic E-state index is 14.0. The minimum atomic E-state index is -1.11. The number of terminal acetylenes is 1. The lowest BCUT2D eigenvalue weighted by molar-refractivity contribution is -0.145. The van der Waals surface area contributed by atoms with Gasteiger partial charge in [0.15, 0.2) is 0 Å². The summed E-state index contributed by atoms with van der Waals surface area (Å²) in [7, 11) is 0. The monoisotopic (exact) mass is 525 g/mol. The van der Waals surface area contributed by atoms with Crippen molar-refractivity contribution in [3.63, 3.8) is 0 Å². The summed E-state index contributed by atoms with van der Waals surface area (Å²) in [5, 5.41) is 5.79. The molecular weight excluding hydrogens is 490 g/mol. The smallest absolute Gasteiger partial charge is 0.408 e. The van der Waals surface area contributed by atoms with Crippen LogP contribution in [0, 0.1) is 19.3 Å². The molecule has 0 heterocycles. The second-order valence-corrected chi connectivity index (χ2v) is 10.7. The van der Waals surface area contributed by atoms with Gasteiger partial charge in [0.05, 0.1) is 10.7 Å². The molecule has 8 heteroatoms. The number of carbonyl (C=O) groups excluding carboxylic acids is 3. The average Bonchev–Trinajstić information content (AvgIpc) is 2.82. The van der Waals surface area contributed by atoms with Crippen molar-refractivity contribution in [1.29, 1.82) is 0 Å². The molecule has 0 saturated heterocycles. The molecule has 2 aromatic carbocycles. The largest absolute Gasteiger partial charge is 0.444 e. The molecule has 3 amide bonds. The predicted molar refractivity (Wildman–Crippen MR) is 147 cm³/mol. The van der Waals surface area contributed by atoms with E-state index in [2.05, 4.69) is 16.6 Å². The van der Waals surface area contributed by atoms with E-state index < -0.39 is 35.1 Å². The lowest BCUT2D eigenvalue weighted by atomic mass is 9.91. The maximum absolute atomic E-state index is 14.0. The fraction of sp³-hybridized carbons (Fsp3) is 0.414. The van der Waals surface area contributed by atoms with Gasteiger partial charge in [-0.3, -0.25) is 9.59 Å². The van der Waals surface area contributed by atoms with E-state index in [0.29, 0.717) is 28.3 Å². The number of alkyl carbamates (subject to hydrolysis) is 1. The van der Waals surface area contributed by atoms with Crippen molar-refractivity contribution in [2.24, 2.45) is 0 Å². The lowest BCUT2D eigenvalue weighted by Gasteiger charge is -2.43. The molecule has 0 spiro atoms. The van der Waals surface area contributed by atoms with Crippen molar-refractivity contribution in [3.05, 3.63) is 64.2 Å². The minimum Gasteiger partial charge on any atom is -0.444 e. The molecule has 1 unspecified atom stereocenters. The number of benzene rings is 2. The Morgan fingerprint density at radius 3 is 2.30 bits per heavy atom. The summed E-state index contributed by atoms with van der Waals surface area (Å²) in [6, 6.07) is 11.2. The van der Waals surface area contributed by atoms with E-state index in [0.717, 1.165) is 5.56 Å². The summed E-state index contributed by atoms with van der Waals surface area (Å²) >= 11 is 6.39. The van der Waals surface area contributed by atoms with Crippen LogP contribution < -0.4 is 10.6 Å². The maximum Gasteiger partial charge on any atom is 0.408 e. The topological polar surface area (TPSA) is 87.7 Å². The van der Waals surface area contributed by atoms with E-state index in [1.807, 2.05) is 33.8 Å². The number of halogens is 1. The summed E-state index contributed by atoms with van der Waals surface area (Å²) < 4.78 is 5.27. The van der Waals surface area contributed by atoms with Crippen LogP contribution in [0.25, 0.3) is 0 Å². The quantitative estimate of drug-likeness (QED) is 0.423. The van der Waals surface area contributed by atoms with Gasteiger partial charge in [0.1, 0.15) is 18.2 Å². The highest BCUT2D eigenvalue weighted by Gasteiger charge is 2.41. The second kappa shape index (κ2) is 12.2. The fourth-order valence-electron chi connectivity index (χ4n) is 3.79. The van der Waals surface area contributed by atoms with Crippen LogP contribution in [0.4, 0.5) is 10.5 Å². The Kier molecular flexibility index (Phi) is 9.77. The van der Waals surface area contributed by atoms with Gasteiger partial charge in [0.2, 0.25) is 5.91 Å². The van der Waals surface area contributed by atoms with Gasteiger partial charge in [-0.15, -0.1) is 6.42 Å². The molecule has 0 aromatic heterocycles. The number of carbonyl (C=O) groups is 3. The molecule has 7 nitrogen and oxygen atoms in total. The molecule has 0 radical (unpaired) electrons. The van der Waals surface area contributed by atoms with Crippen LogP contribution in [-0.2, 0) is 14.3 Å². The zero-order valence-electron chi connectivity index (χ0n) is 22.6. The third-order valence-electron chi connectivity index (χ3n) is 5.96. The van der Waals surface area contributed by atoms with Crippen molar-refractivity contribution >= 4 is 35.2 Å². The number of ether oxygens (including phenoxy) is 1. The first-order valence-corrected chi connectivity index (χ1v) is 12.5. The standard InChI is InChI=1S/C29H36ClN3O4/c1-9-20-15-11-12-16-21(20)25(26(35)32-24-19(3)14-13-17-22(24)30)33(29(7,8)10-2)23(34)18-31-27(36)37-28(4,5)6/h1,11-17,25H,10,18H2,2-8H3,(H,31,36)(H,32,35). The van der Waals surface area contributed by atoms with E-state index in [4.69, 9.17) is 22.8 Å². The summed E-state index contributed by atoms with van der Waals surface area (Å²) in [5.41, 5.74) is 0.667. The molecule has 37 heavy (non-hydrogen) atoms. The van der Waals surface area contributed by atoms with Gasteiger partial charge in [0, 0.05) is 11.1 Å². The number of nitrogens with one attached hydrogen (secondary N) is 2. The van der Waals surface area contributed by atoms with Gasteiger partial charge in [-0.05, 0) is 71.2 Å². The number of rotatable bonds is 8. The molecule has 2 N–H and O–H groups in total. The highest BCUT2D eigenvalue weighted by atomic mass is 35.5. The number of hydrogen-bond donors (Lipinski definition) is 2. The highest BCUT2D eigenvalue weighted by Crippen LogP contribution is 2.35. The molecule has 1 atom stereocenters. The van der Waals surface area contributed by atoms with E-state index in [1.165, 1.54) is 4.90 Å². The Morgan fingerprint density at radius 1 is 1.08 bits per heavy atom. The predicted octanol–water partition coefficient (Wildman–Crippen LogP) is 5.85. The van der Waals surface area contributed by atoms with Crippen molar-refractivity contribution < 1.29 is 19.1 Å². The summed E-state index contributed by atoms with van der Waals surface area (Å²) in [5.74, 6) is 1.67. The number of aryl methyl sites for hydroxylation is 1. The van der Waals surface area contributed by atoms with Crippen molar-refractivity contribution in [1.82, 2.24) is 10.2 Å². The normalized spacial score (nSPS) is 12.2. The molecular formula is C29H36ClN3O4. The Labute approximate surface area is 224 Å². The Morgan fingerprint density at radius 2 is 1.73 bits per heavy atom. The summed E-state index contributed by atoms with van der Waals surface area (Å²) in [6.07, 6.45) is 5.58. The number of hydrogen-bond acceptors (Lipinski definition) is 4. The zero-order chi connectivity index (χ0) is 28.0. The Bertz CT molecular complexity index is 1170. The van der Waals surface area contributed by atoms with Crippen LogP contribution in [0.3, 0.4) is 0 Å².